The summed E-state index contributed by atoms with van der Waals surface area (Å²) in [5.41, 5.74) is 0. The van der Waals surface area contributed by atoms with E-state index in [0.29, 0.717) is 5.88 Å². The van der Waals surface area contributed by atoms with E-state index in [9.17, 15) is 0 Å². The highest BCUT2D eigenvalue weighted by Gasteiger charge is 2.04. The van der Waals surface area contributed by atoms with Gasteiger partial charge in [-0.2, -0.15) is 0 Å². The van der Waals surface area contributed by atoms with Crippen molar-refractivity contribution in [3.8, 4) is 0 Å². The SMILES string of the molecule is CCCN(CCCl)c1ccncn1. The van der Waals surface area contributed by atoms with Gasteiger partial charge in [-0.3, -0.25) is 0 Å². The first-order chi connectivity index (χ1) is 6.38. The summed E-state index contributed by atoms with van der Waals surface area (Å²) in [6, 6.07) is 1.90. The third-order valence-electron chi connectivity index (χ3n) is 1.74. The summed E-state index contributed by atoms with van der Waals surface area (Å²) in [6.07, 6.45) is 4.41. The first kappa shape index (κ1) is 10.3. The first-order valence-electron chi connectivity index (χ1n) is 4.45. The molecule has 4 heteroatoms. The Morgan fingerprint density at radius 3 is 2.85 bits per heavy atom. The normalized spacial score (nSPS) is 10.0. The second kappa shape index (κ2) is 5.75. The van der Waals surface area contributed by atoms with Crippen molar-refractivity contribution in [3.63, 3.8) is 0 Å². The predicted molar refractivity (Wildman–Crippen MR) is 55.3 cm³/mol. The van der Waals surface area contributed by atoms with Crippen molar-refractivity contribution < 1.29 is 0 Å². The highest BCUT2D eigenvalue weighted by Crippen LogP contribution is 2.08. The van der Waals surface area contributed by atoms with Crippen molar-refractivity contribution in [2.24, 2.45) is 0 Å². The molecule has 0 N–H and O–H groups in total. The van der Waals surface area contributed by atoms with Crippen LogP contribution in [-0.4, -0.2) is 28.9 Å². The van der Waals surface area contributed by atoms with Gasteiger partial charge in [0.1, 0.15) is 12.1 Å². The molecule has 0 radical (unpaired) electrons. The number of aromatic nitrogens is 2. The average Bonchev–Trinajstić information content (AvgIpc) is 2.19. The molecule has 1 aromatic rings. The van der Waals surface area contributed by atoms with Crippen LogP contribution in [0.5, 0.6) is 0 Å². The van der Waals surface area contributed by atoms with E-state index in [4.69, 9.17) is 11.6 Å². The van der Waals surface area contributed by atoms with Crippen molar-refractivity contribution in [2.45, 2.75) is 13.3 Å². The Balaban J connectivity index is 2.64. The zero-order chi connectivity index (χ0) is 9.52. The molecule has 72 valence electrons. The topological polar surface area (TPSA) is 29.0 Å². The van der Waals surface area contributed by atoms with E-state index in [1.165, 1.54) is 0 Å². The molecule has 0 aliphatic rings. The minimum Gasteiger partial charge on any atom is -0.355 e. The molecule has 0 bridgehead atoms. The first-order valence-corrected chi connectivity index (χ1v) is 4.99. The van der Waals surface area contributed by atoms with Crippen molar-refractivity contribution in [3.05, 3.63) is 18.6 Å². The fourth-order valence-electron chi connectivity index (χ4n) is 1.18. The summed E-state index contributed by atoms with van der Waals surface area (Å²) >= 11 is 5.70. The second-order valence-corrected chi connectivity index (χ2v) is 3.12. The van der Waals surface area contributed by atoms with Gasteiger partial charge in [0.25, 0.3) is 0 Å². The van der Waals surface area contributed by atoms with Gasteiger partial charge in [-0.05, 0) is 12.5 Å². The molecule has 0 fully saturated rings. The van der Waals surface area contributed by atoms with Crippen molar-refractivity contribution in [1.29, 1.82) is 0 Å². The summed E-state index contributed by atoms with van der Waals surface area (Å²) in [5.74, 6) is 1.58. The van der Waals surface area contributed by atoms with Gasteiger partial charge in [0.2, 0.25) is 0 Å². The van der Waals surface area contributed by atoms with Crippen LogP contribution < -0.4 is 4.90 Å². The van der Waals surface area contributed by atoms with Gasteiger partial charge in [-0.1, -0.05) is 6.92 Å². The largest absolute Gasteiger partial charge is 0.355 e. The molecule has 0 unspecified atom stereocenters. The monoisotopic (exact) mass is 199 g/mol. The van der Waals surface area contributed by atoms with Crippen LogP contribution in [0.25, 0.3) is 0 Å². The fraction of sp³-hybridized carbons (Fsp3) is 0.556. The van der Waals surface area contributed by atoms with Crippen LogP contribution in [0, 0.1) is 0 Å². The van der Waals surface area contributed by atoms with E-state index in [1.54, 1.807) is 12.5 Å². The molecule has 0 amide bonds. The van der Waals surface area contributed by atoms with Gasteiger partial charge >= 0.3 is 0 Å². The van der Waals surface area contributed by atoms with Gasteiger partial charge in [0.05, 0.1) is 0 Å². The van der Waals surface area contributed by atoms with Crippen LogP contribution in [0.4, 0.5) is 5.82 Å². The molecule has 0 saturated carbocycles. The smallest absolute Gasteiger partial charge is 0.131 e. The van der Waals surface area contributed by atoms with Crippen molar-refractivity contribution >= 4 is 17.4 Å². The highest BCUT2D eigenvalue weighted by molar-refractivity contribution is 6.18. The average molecular weight is 200 g/mol. The van der Waals surface area contributed by atoms with Crippen LogP contribution in [0.2, 0.25) is 0 Å². The van der Waals surface area contributed by atoms with Crippen LogP contribution in [-0.2, 0) is 0 Å². The molecular formula is C9H14ClN3. The highest BCUT2D eigenvalue weighted by atomic mass is 35.5. The standard InChI is InChI=1S/C9H14ClN3/c1-2-6-13(7-4-10)9-3-5-11-8-12-9/h3,5,8H,2,4,6-7H2,1H3. The molecule has 0 aromatic carbocycles. The molecule has 1 rings (SSSR count). The lowest BCUT2D eigenvalue weighted by Crippen LogP contribution is -2.27. The lowest BCUT2D eigenvalue weighted by Gasteiger charge is -2.21. The minimum atomic E-state index is 0.629. The Labute approximate surface area is 83.8 Å². The summed E-state index contributed by atoms with van der Waals surface area (Å²) in [7, 11) is 0. The third kappa shape index (κ3) is 3.19. The Morgan fingerprint density at radius 2 is 2.31 bits per heavy atom. The number of halogens is 1. The lowest BCUT2D eigenvalue weighted by atomic mass is 10.4. The number of hydrogen-bond acceptors (Lipinski definition) is 3. The van der Waals surface area contributed by atoms with E-state index in [0.717, 1.165) is 25.3 Å². The zero-order valence-corrected chi connectivity index (χ0v) is 8.54. The number of hydrogen-bond donors (Lipinski definition) is 0. The third-order valence-corrected chi connectivity index (χ3v) is 1.91. The maximum Gasteiger partial charge on any atom is 0.131 e. The molecule has 13 heavy (non-hydrogen) atoms. The zero-order valence-electron chi connectivity index (χ0n) is 7.78. The Kier molecular flexibility index (Phi) is 4.54. The molecule has 3 nitrogen and oxygen atoms in total. The van der Waals surface area contributed by atoms with E-state index in [2.05, 4.69) is 21.8 Å². The predicted octanol–water partition coefficient (Wildman–Crippen LogP) is 1.93. The van der Waals surface area contributed by atoms with Gasteiger partial charge in [-0.15, -0.1) is 11.6 Å². The van der Waals surface area contributed by atoms with Crippen LogP contribution in [0.15, 0.2) is 18.6 Å². The fourth-order valence-corrected chi connectivity index (χ4v) is 1.39. The number of nitrogens with zero attached hydrogens (tertiary/aromatic N) is 3. The summed E-state index contributed by atoms with van der Waals surface area (Å²) < 4.78 is 0. The maximum atomic E-state index is 5.70. The van der Waals surface area contributed by atoms with E-state index in [-0.39, 0.29) is 0 Å². The van der Waals surface area contributed by atoms with E-state index in [1.807, 2.05) is 6.07 Å². The van der Waals surface area contributed by atoms with Gasteiger partial charge < -0.3 is 4.90 Å². The van der Waals surface area contributed by atoms with Gasteiger partial charge in [0.15, 0.2) is 0 Å². The number of anilines is 1. The quantitative estimate of drug-likeness (QED) is 0.679. The van der Waals surface area contributed by atoms with Crippen molar-refractivity contribution in [2.75, 3.05) is 23.9 Å². The molecule has 1 heterocycles. The Morgan fingerprint density at radius 1 is 1.46 bits per heavy atom. The van der Waals surface area contributed by atoms with Crippen LogP contribution in [0.1, 0.15) is 13.3 Å². The molecular weight excluding hydrogens is 186 g/mol. The minimum absolute atomic E-state index is 0.629. The molecule has 0 atom stereocenters. The maximum absolute atomic E-state index is 5.70. The summed E-state index contributed by atoms with van der Waals surface area (Å²) in [5, 5.41) is 0. The molecule has 0 aliphatic heterocycles. The second-order valence-electron chi connectivity index (χ2n) is 2.74. The lowest BCUT2D eigenvalue weighted by molar-refractivity contribution is 0.778. The molecule has 0 saturated heterocycles. The van der Waals surface area contributed by atoms with Crippen LogP contribution in [0.3, 0.4) is 0 Å². The van der Waals surface area contributed by atoms with Crippen LogP contribution >= 0.6 is 11.6 Å². The number of rotatable bonds is 5. The Hall–Kier alpha value is -0.830. The molecule has 0 spiro atoms. The van der Waals surface area contributed by atoms with Gasteiger partial charge in [0, 0.05) is 25.2 Å². The Bertz CT molecular complexity index is 222. The molecule has 1 aromatic heterocycles. The van der Waals surface area contributed by atoms with Crippen molar-refractivity contribution in [1.82, 2.24) is 9.97 Å². The van der Waals surface area contributed by atoms with Gasteiger partial charge in [-0.25, -0.2) is 9.97 Å². The summed E-state index contributed by atoms with van der Waals surface area (Å²) in [4.78, 5) is 10.2. The summed E-state index contributed by atoms with van der Waals surface area (Å²) in [6.45, 7) is 3.97. The number of alkyl halides is 1. The van der Waals surface area contributed by atoms with E-state index < -0.39 is 0 Å². The van der Waals surface area contributed by atoms with E-state index >= 15 is 0 Å². The molecule has 0 aliphatic carbocycles.